The van der Waals surface area contributed by atoms with E-state index < -0.39 is 0 Å². The van der Waals surface area contributed by atoms with Crippen molar-refractivity contribution in [1.29, 1.82) is 0 Å². The highest BCUT2D eigenvalue weighted by Gasteiger charge is 2.18. The Balaban J connectivity index is 1.22. The van der Waals surface area contributed by atoms with Crippen molar-refractivity contribution in [2.24, 2.45) is 5.92 Å². The minimum atomic E-state index is 0.208. The van der Waals surface area contributed by atoms with Crippen LogP contribution in [0.3, 0.4) is 0 Å². The van der Waals surface area contributed by atoms with Gasteiger partial charge in [0.25, 0.3) is 0 Å². The van der Waals surface area contributed by atoms with Gasteiger partial charge in [0.15, 0.2) is 0 Å². The number of ether oxygens (including phenoxy) is 1. The molecule has 0 spiro atoms. The Labute approximate surface area is 283 Å². The van der Waals surface area contributed by atoms with Gasteiger partial charge in [-0.15, -0.1) is 0 Å². The molecule has 48 heavy (non-hydrogen) atoms. The van der Waals surface area contributed by atoms with Crippen LogP contribution in [0, 0.1) is 5.92 Å². The zero-order chi connectivity index (χ0) is 32.8. The van der Waals surface area contributed by atoms with Crippen molar-refractivity contribution < 1.29 is 4.74 Å². The minimum absolute atomic E-state index is 0.208. The van der Waals surface area contributed by atoms with Gasteiger partial charge in [-0.25, -0.2) is 0 Å². The van der Waals surface area contributed by atoms with E-state index in [1.165, 1.54) is 71.7 Å². The SMILES string of the molecule is CC(C)CC(Cc1cccc(-n2c3ccccc3c3cc(-c4cccc(-n5c6ccccc6c6ccccc65)c4)ccc32)c1)OC(C)C. The van der Waals surface area contributed by atoms with E-state index in [-0.39, 0.29) is 12.2 Å². The summed E-state index contributed by atoms with van der Waals surface area (Å²) >= 11 is 0. The fourth-order valence-electron chi connectivity index (χ4n) is 7.64. The van der Waals surface area contributed by atoms with Crippen LogP contribution in [0.15, 0.2) is 140 Å². The maximum absolute atomic E-state index is 6.36. The molecule has 3 heteroatoms. The van der Waals surface area contributed by atoms with Crippen LogP contribution in [0.25, 0.3) is 66.1 Å². The van der Waals surface area contributed by atoms with Crippen molar-refractivity contribution in [3.05, 3.63) is 145 Å². The number of para-hydroxylation sites is 3. The third-order valence-electron chi connectivity index (χ3n) is 9.52. The van der Waals surface area contributed by atoms with E-state index in [9.17, 15) is 0 Å². The average molecular weight is 627 g/mol. The quantitative estimate of drug-likeness (QED) is 0.156. The topological polar surface area (TPSA) is 19.1 Å². The highest BCUT2D eigenvalue weighted by molar-refractivity contribution is 6.11. The molecule has 0 saturated carbocycles. The summed E-state index contributed by atoms with van der Waals surface area (Å²) in [5, 5.41) is 5.08. The fraction of sp³-hybridized carbons (Fsp3) is 0.200. The van der Waals surface area contributed by atoms with Crippen LogP contribution in [0.1, 0.15) is 39.7 Å². The summed E-state index contributed by atoms with van der Waals surface area (Å²) in [4.78, 5) is 0. The fourth-order valence-corrected chi connectivity index (χ4v) is 7.64. The van der Waals surface area contributed by atoms with Crippen molar-refractivity contribution in [3.63, 3.8) is 0 Å². The lowest BCUT2D eigenvalue weighted by atomic mass is 9.99. The third kappa shape index (κ3) is 5.48. The zero-order valence-electron chi connectivity index (χ0n) is 28.2. The van der Waals surface area contributed by atoms with Crippen LogP contribution >= 0.6 is 0 Å². The van der Waals surface area contributed by atoms with E-state index in [1.54, 1.807) is 0 Å². The third-order valence-corrected chi connectivity index (χ3v) is 9.52. The van der Waals surface area contributed by atoms with Gasteiger partial charge in [-0.2, -0.15) is 0 Å². The number of nitrogens with zero attached hydrogens (tertiary/aromatic N) is 2. The van der Waals surface area contributed by atoms with Gasteiger partial charge in [0.05, 0.1) is 34.3 Å². The van der Waals surface area contributed by atoms with E-state index in [0.29, 0.717) is 5.92 Å². The Morgan fingerprint density at radius 1 is 0.479 bits per heavy atom. The van der Waals surface area contributed by atoms with Crippen molar-refractivity contribution >= 4 is 43.6 Å². The lowest BCUT2D eigenvalue weighted by molar-refractivity contribution is -0.00269. The van der Waals surface area contributed by atoms with E-state index in [4.69, 9.17) is 4.74 Å². The van der Waals surface area contributed by atoms with Crippen LogP contribution in [-0.2, 0) is 11.2 Å². The molecule has 0 radical (unpaired) electrons. The molecule has 0 bridgehead atoms. The molecular formula is C45H42N2O. The number of hydrogen-bond acceptors (Lipinski definition) is 1. The van der Waals surface area contributed by atoms with Gasteiger partial charge in [0.2, 0.25) is 0 Å². The summed E-state index contributed by atoms with van der Waals surface area (Å²) in [5.74, 6) is 0.589. The monoisotopic (exact) mass is 626 g/mol. The van der Waals surface area contributed by atoms with Gasteiger partial charge in [-0.1, -0.05) is 98.8 Å². The van der Waals surface area contributed by atoms with Crippen LogP contribution < -0.4 is 0 Å². The highest BCUT2D eigenvalue weighted by Crippen LogP contribution is 2.37. The molecule has 3 nitrogen and oxygen atoms in total. The Hall–Kier alpha value is -5.12. The first-order valence-electron chi connectivity index (χ1n) is 17.3. The second kappa shape index (κ2) is 12.5. The second-order valence-corrected chi connectivity index (χ2v) is 13.8. The van der Waals surface area contributed by atoms with Gasteiger partial charge >= 0.3 is 0 Å². The molecule has 0 aliphatic rings. The second-order valence-electron chi connectivity index (χ2n) is 13.8. The van der Waals surface area contributed by atoms with E-state index in [0.717, 1.165) is 12.8 Å². The Morgan fingerprint density at radius 3 is 1.60 bits per heavy atom. The minimum Gasteiger partial charge on any atom is -0.375 e. The smallest absolute Gasteiger partial charge is 0.0621 e. The van der Waals surface area contributed by atoms with Gasteiger partial charge < -0.3 is 13.9 Å². The molecule has 1 atom stereocenters. The summed E-state index contributed by atoms with van der Waals surface area (Å²) in [6, 6.07) is 51.1. The molecule has 2 aromatic heterocycles. The molecule has 2 heterocycles. The molecular weight excluding hydrogens is 585 g/mol. The van der Waals surface area contributed by atoms with Crippen molar-refractivity contribution in [2.75, 3.05) is 0 Å². The van der Waals surface area contributed by atoms with Crippen LogP contribution in [0.5, 0.6) is 0 Å². The zero-order valence-corrected chi connectivity index (χ0v) is 28.2. The molecule has 0 aliphatic carbocycles. The van der Waals surface area contributed by atoms with Gasteiger partial charge in [0, 0.05) is 32.9 Å². The van der Waals surface area contributed by atoms with Crippen LogP contribution in [0.4, 0.5) is 0 Å². The Bertz CT molecular complexity index is 2340. The molecule has 0 aliphatic heterocycles. The Kier molecular flexibility index (Phi) is 7.86. The summed E-state index contributed by atoms with van der Waals surface area (Å²) in [5.41, 5.74) is 11.0. The molecule has 1 unspecified atom stereocenters. The largest absolute Gasteiger partial charge is 0.375 e. The van der Waals surface area contributed by atoms with Crippen LogP contribution in [-0.4, -0.2) is 21.3 Å². The molecule has 0 saturated heterocycles. The highest BCUT2D eigenvalue weighted by atomic mass is 16.5. The predicted octanol–water partition coefficient (Wildman–Crippen LogP) is 11.9. The molecule has 0 fully saturated rings. The van der Waals surface area contributed by atoms with E-state index in [1.807, 2.05) is 0 Å². The average Bonchev–Trinajstić information content (AvgIpc) is 3.61. The molecule has 0 amide bonds. The normalized spacial score (nSPS) is 12.7. The summed E-state index contributed by atoms with van der Waals surface area (Å²) in [6.07, 6.45) is 2.39. The number of fused-ring (bicyclic) bond motifs is 6. The lowest BCUT2D eigenvalue weighted by Crippen LogP contribution is -2.22. The van der Waals surface area contributed by atoms with E-state index >= 15 is 0 Å². The summed E-state index contributed by atoms with van der Waals surface area (Å²) in [6.45, 7) is 8.83. The van der Waals surface area contributed by atoms with Crippen molar-refractivity contribution in [3.8, 4) is 22.5 Å². The van der Waals surface area contributed by atoms with E-state index in [2.05, 4.69) is 176 Å². The number of aromatic nitrogens is 2. The molecule has 6 aromatic carbocycles. The first kappa shape index (κ1) is 30.2. The van der Waals surface area contributed by atoms with Crippen LogP contribution in [0.2, 0.25) is 0 Å². The maximum Gasteiger partial charge on any atom is 0.0621 e. The predicted molar refractivity (Wildman–Crippen MR) is 204 cm³/mol. The summed E-state index contributed by atoms with van der Waals surface area (Å²) < 4.78 is 11.2. The van der Waals surface area contributed by atoms with Gasteiger partial charge in [-0.05, 0) is 104 Å². The maximum atomic E-state index is 6.36. The molecule has 0 N–H and O–H groups in total. The standard InChI is InChI=1S/C45H42N2O/c1-30(2)25-37(48-31(3)4)27-32-13-11-15-35(26-32)46-44-22-10-7-19-40(44)41-29-34(23-24-45(41)46)33-14-12-16-36(28-33)47-42-20-8-5-17-38(42)39-18-6-9-21-43(39)47/h5-24,26,28-31,37H,25,27H2,1-4H3. The summed E-state index contributed by atoms with van der Waals surface area (Å²) in [7, 11) is 0. The first-order chi connectivity index (χ1) is 23.4. The number of benzene rings is 6. The first-order valence-corrected chi connectivity index (χ1v) is 17.3. The van der Waals surface area contributed by atoms with Gasteiger partial charge in [0.1, 0.15) is 0 Å². The van der Waals surface area contributed by atoms with Crippen molar-refractivity contribution in [1.82, 2.24) is 9.13 Å². The molecule has 238 valence electrons. The molecule has 8 rings (SSSR count). The number of hydrogen-bond donors (Lipinski definition) is 0. The Morgan fingerprint density at radius 2 is 1.00 bits per heavy atom. The number of rotatable bonds is 9. The van der Waals surface area contributed by atoms with Gasteiger partial charge in [-0.3, -0.25) is 0 Å². The lowest BCUT2D eigenvalue weighted by Gasteiger charge is -2.22. The molecule has 8 aromatic rings. The van der Waals surface area contributed by atoms with Crippen molar-refractivity contribution in [2.45, 2.75) is 52.7 Å².